The van der Waals surface area contributed by atoms with E-state index in [9.17, 15) is 37.6 Å². The molecule has 14 heteroatoms. The Balaban J connectivity index is 2.33. The topological polar surface area (TPSA) is 114 Å². The van der Waals surface area contributed by atoms with E-state index in [1.807, 2.05) is 0 Å². The number of hydrazone groups is 1. The van der Waals surface area contributed by atoms with Gasteiger partial charge in [0.1, 0.15) is 16.7 Å². The minimum Gasteiger partial charge on any atom is -0.364 e. The molecule has 0 spiro atoms. The van der Waals surface area contributed by atoms with E-state index in [-0.39, 0.29) is 15.2 Å². The fourth-order valence-corrected chi connectivity index (χ4v) is 2.56. The van der Waals surface area contributed by atoms with Gasteiger partial charge >= 0.3 is 5.82 Å². The second kappa shape index (κ2) is 6.67. The van der Waals surface area contributed by atoms with E-state index < -0.39 is 53.9 Å². The number of carbonyl (C=O) groups excluding carboxylic acids is 1. The van der Waals surface area contributed by atoms with E-state index >= 15 is 0 Å². The second-order valence-corrected chi connectivity index (χ2v) is 5.88. The third-order valence-corrected chi connectivity index (χ3v) is 4.38. The molecule has 0 saturated carbocycles. The number of amides is 1. The number of carbonyl (C=O) groups is 1. The first kappa shape index (κ1) is 19.2. The third-order valence-electron chi connectivity index (χ3n) is 3.45. The van der Waals surface area contributed by atoms with Gasteiger partial charge in [-0.25, -0.2) is 17.6 Å². The molecule has 9 nitrogen and oxygen atoms in total. The fraction of sp³-hybridized carbons (Fsp3) is 0.545. The van der Waals surface area contributed by atoms with Crippen LogP contribution in [0.15, 0.2) is 9.57 Å². The van der Waals surface area contributed by atoms with Gasteiger partial charge in [-0.3, -0.25) is 4.79 Å². The normalized spacial score (nSPS) is 20.5. The van der Waals surface area contributed by atoms with Crippen LogP contribution >= 0.6 is 15.9 Å². The molecule has 2 rings (SSSR count). The maximum absolute atomic E-state index is 13.1. The van der Waals surface area contributed by atoms with Gasteiger partial charge in [-0.05, 0) is 27.8 Å². The predicted molar refractivity (Wildman–Crippen MR) is 77.2 cm³/mol. The second-order valence-electron chi connectivity index (χ2n) is 5.09. The minimum atomic E-state index is -3.56. The van der Waals surface area contributed by atoms with Crippen molar-refractivity contribution in [1.29, 1.82) is 0 Å². The van der Waals surface area contributed by atoms with E-state index in [1.54, 1.807) is 0 Å². The van der Waals surface area contributed by atoms with E-state index in [1.165, 1.54) is 6.92 Å². The molecule has 1 unspecified atom stereocenters. The Morgan fingerprint density at radius 3 is 2.52 bits per heavy atom. The van der Waals surface area contributed by atoms with Gasteiger partial charge < -0.3 is 15.2 Å². The van der Waals surface area contributed by atoms with Crippen LogP contribution in [0.5, 0.6) is 0 Å². The van der Waals surface area contributed by atoms with Gasteiger partial charge in [-0.2, -0.15) is 14.8 Å². The standard InChI is InChI=1S/C11H10BrF4N5O4/c1-4-7(12)9(21(24)25)18-19(4)3-6(22)20-11(23,10(15)16)2-5(17-20)8(13)14/h8,10,23H,2-3H2,1H3. The molecule has 1 aromatic rings. The molecule has 0 fully saturated rings. The highest BCUT2D eigenvalue weighted by molar-refractivity contribution is 9.10. The maximum atomic E-state index is 13.1. The molecule has 1 amide bonds. The van der Waals surface area contributed by atoms with Crippen molar-refractivity contribution in [2.45, 2.75) is 38.5 Å². The number of nitrogens with zero attached hydrogens (tertiary/aromatic N) is 5. The number of rotatable bonds is 5. The van der Waals surface area contributed by atoms with Gasteiger partial charge in [0.15, 0.2) is 0 Å². The Kier molecular flexibility index (Phi) is 5.13. The van der Waals surface area contributed by atoms with Crippen molar-refractivity contribution < 1.29 is 32.4 Å². The largest absolute Gasteiger partial charge is 0.404 e. The average molecular weight is 432 g/mol. The minimum absolute atomic E-state index is 0.0346. The van der Waals surface area contributed by atoms with Gasteiger partial charge in [-0.15, -0.1) is 0 Å². The van der Waals surface area contributed by atoms with Crippen molar-refractivity contribution in [3.8, 4) is 0 Å². The molecule has 1 N–H and O–H groups in total. The molecular formula is C11H10BrF4N5O4. The first-order valence-electron chi connectivity index (χ1n) is 6.55. The Morgan fingerprint density at radius 2 is 2.08 bits per heavy atom. The zero-order valence-corrected chi connectivity index (χ0v) is 14.0. The molecule has 0 aromatic carbocycles. The molecule has 2 heterocycles. The Hall–Kier alpha value is -2.09. The summed E-state index contributed by atoms with van der Waals surface area (Å²) in [5.74, 6) is -1.90. The first-order chi connectivity index (χ1) is 11.5. The average Bonchev–Trinajstić information content (AvgIpc) is 3.01. The predicted octanol–water partition coefficient (Wildman–Crippen LogP) is 1.67. The molecule has 25 heavy (non-hydrogen) atoms. The van der Waals surface area contributed by atoms with Crippen LogP contribution in [0.25, 0.3) is 0 Å². The Bertz CT molecular complexity index is 755. The highest BCUT2D eigenvalue weighted by atomic mass is 79.9. The number of hydrogen-bond acceptors (Lipinski definition) is 6. The lowest BCUT2D eigenvalue weighted by atomic mass is 10.1. The Morgan fingerprint density at radius 1 is 1.48 bits per heavy atom. The summed E-state index contributed by atoms with van der Waals surface area (Å²) in [6, 6.07) is 0. The summed E-state index contributed by atoms with van der Waals surface area (Å²) in [6.45, 7) is 0.530. The van der Waals surface area contributed by atoms with Gasteiger partial charge in [0, 0.05) is 6.42 Å². The lowest BCUT2D eigenvalue weighted by Gasteiger charge is -2.29. The van der Waals surface area contributed by atoms with Crippen molar-refractivity contribution in [2.24, 2.45) is 5.10 Å². The summed E-state index contributed by atoms with van der Waals surface area (Å²) in [7, 11) is 0. The summed E-state index contributed by atoms with van der Waals surface area (Å²) < 4.78 is 52.3. The van der Waals surface area contributed by atoms with Crippen LogP contribution in [0.1, 0.15) is 12.1 Å². The third kappa shape index (κ3) is 3.35. The number of halogens is 5. The van der Waals surface area contributed by atoms with Gasteiger partial charge in [-0.1, -0.05) is 0 Å². The number of alkyl halides is 4. The van der Waals surface area contributed by atoms with Crippen LogP contribution in [0.4, 0.5) is 23.4 Å². The van der Waals surface area contributed by atoms with Crippen LogP contribution in [0, 0.1) is 17.0 Å². The van der Waals surface area contributed by atoms with Gasteiger partial charge in [0.2, 0.25) is 5.72 Å². The summed E-state index contributed by atoms with van der Waals surface area (Å²) in [4.78, 5) is 22.1. The SMILES string of the molecule is Cc1c(Br)c([N+](=O)[O-])nn1CC(=O)N1N=C(C(F)F)CC1(O)C(F)F. The summed E-state index contributed by atoms with van der Waals surface area (Å²) >= 11 is 2.90. The van der Waals surface area contributed by atoms with Crippen molar-refractivity contribution in [2.75, 3.05) is 0 Å². The zero-order chi connectivity index (χ0) is 19.1. The van der Waals surface area contributed by atoms with Crippen LogP contribution in [0.2, 0.25) is 0 Å². The molecule has 0 aliphatic carbocycles. The first-order valence-corrected chi connectivity index (χ1v) is 7.34. The van der Waals surface area contributed by atoms with Crippen LogP contribution in [-0.2, 0) is 11.3 Å². The molecule has 1 aliphatic rings. The van der Waals surface area contributed by atoms with E-state index in [2.05, 4.69) is 26.1 Å². The molecule has 0 saturated heterocycles. The Labute approximate surface area is 145 Å². The summed E-state index contributed by atoms with van der Waals surface area (Å²) in [5.41, 5.74) is -4.16. The van der Waals surface area contributed by atoms with E-state index in [0.717, 1.165) is 4.68 Å². The van der Waals surface area contributed by atoms with E-state index in [0.29, 0.717) is 0 Å². The monoisotopic (exact) mass is 431 g/mol. The van der Waals surface area contributed by atoms with Crippen LogP contribution in [0.3, 0.4) is 0 Å². The molecule has 0 bridgehead atoms. The number of aliphatic hydroxyl groups is 1. The highest BCUT2D eigenvalue weighted by Gasteiger charge is 2.53. The zero-order valence-electron chi connectivity index (χ0n) is 12.4. The molecule has 138 valence electrons. The van der Waals surface area contributed by atoms with Crippen LogP contribution < -0.4 is 0 Å². The van der Waals surface area contributed by atoms with Crippen molar-refractivity contribution in [3.63, 3.8) is 0 Å². The number of nitro groups is 1. The molecular weight excluding hydrogens is 422 g/mol. The van der Waals surface area contributed by atoms with Crippen molar-refractivity contribution in [1.82, 2.24) is 14.8 Å². The number of aromatic nitrogens is 2. The van der Waals surface area contributed by atoms with Gasteiger partial charge in [0.05, 0.1) is 10.8 Å². The van der Waals surface area contributed by atoms with Crippen LogP contribution in [-0.4, -0.2) is 55.0 Å². The molecule has 1 atom stereocenters. The lowest BCUT2D eigenvalue weighted by molar-refractivity contribution is -0.390. The molecule has 0 radical (unpaired) electrons. The van der Waals surface area contributed by atoms with Gasteiger partial charge in [0.25, 0.3) is 18.8 Å². The van der Waals surface area contributed by atoms with E-state index in [4.69, 9.17) is 0 Å². The van der Waals surface area contributed by atoms with Crippen molar-refractivity contribution in [3.05, 3.63) is 20.3 Å². The molecule has 1 aromatic heterocycles. The quantitative estimate of drug-likeness (QED) is 0.432. The summed E-state index contributed by atoms with van der Waals surface area (Å²) in [5, 5.41) is 27.2. The number of hydrogen-bond donors (Lipinski definition) is 1. The summed E-state index contributed by atoms with van der Waals surface area (Å²) in [6.07, 6.45) is -8.00. The van der Waals surface area contributed by atoms with Crippen molar-refractivity contribution >= 4 is 33.4 Å². The lowest BCUT2D eigenvalue weighted by Crippen LogP contribution is -2.52. The maximum Gasteiger partial charge on any atom is 0.404 e. The highest BCUT2D eigenvalue weighted by Crippen LogP contribution is 2.34. The smallest absolute Gasteiger partial charge is 0.364 e. The molecule has 1 aliphatic heterocycles. The fourth-order valence-electron chi connectivity index (χ4n) is 2.13.